The normalized spacial score (nSPS) is 21.6. The lowest BCUT2D eigenvalue weighted by atomic mass is 9.91. The molecular weight excluding hydrogens is 344 g/mol. The minimum absolute atomic E-state index is 0.116. The van der Waals surface area contributed by atoms with E-state index in [1.807, 2.05) is 6.07 Å². The molecule has 6 nitrogen and oxygen atoms in total. The Labute approximate surface area is 149 Å². The molecule has 3 amide bonds. The zero-order valence-electron chi connectivity index (χ0n) is 13.4. The molecule has 25 heavy (non-hydrogen) atoms. The second-order valence-electron chi connectivity index (χ2n) is 6.11. The molecule has 1 fully saturated rings. The van der Waals surface area contributed by atoms with E-state index in [-0.39, 0.29) is 19.2 Å². The molecule has 0 bridgehead atoms. The van der Waals surface area contributed by atoms with Gasteiger partial charge in [-0.2, -0.15) is 0 Å². The molecule has 7 heteroatoms. The van der Waals surface area contributed by atoms with Gasteiger partial charge < -0.3 is 14.8 Å². The molecule has 0 aliphatic carbocycles. The molecule has 0 aromatic heterocycles. The molecule has 0 radical (unpaired) electrons. The maximum Gasteiger partial charge on any atom is 0.325 e. The zero-order chi connectivity index (χ0) is 17.6. The number of carbonyl (C=O) groups is 2. The number of hydrogen-bond donors (Lipinski definition) is 1. The predicted octanol–water partition coefficient (Wildman–Crippen LogP) is 3.04. The van der Waals surface area contributed by atoms with Gasteiger partial charge >= 0.3 is 6.03 Å². The Morgan fingerprint density at radius 2 is 1.92 bits per heavy atom. The van der Waals surface area contributed by atoms with E-state index in [0.717, 1.165) is 0 Å². The van der Waals surface area contributed by atoms with Crippen LogP contribution in [0.3, 0.4) is 0 Å². The number of benzene rings is 2. The summed E-state index contributed by atoms with van der Waals surface area (Å²) in [4.78, 5) is 26.6. The van der Waals surface area contributed by atoms with Crippen LogP contribution >= 0.6 is 11.6 Å². The number of imide groups is 1. The zero-order valence-corrected chi connectivity index (χ0v) is 14.2. The smallest absolute Gasteiger partial charge is 0.325 e. The minimum atomic E-state index is -1.17. The van der Waals surface area contributed by atoms with Crippen LogP contribution in [0.15, 0.2) is 42.5 Å². The summed E-state index contributed by atoms with van der Waals surface area (Å²) in [7, 11) is 0. The first-order valence-corrected chi connectivity index (χ1v) is 8.14. The maximum atomic E-state index is 13.0. The highest BCUT2D eigenvalue weighted by molar-refractivity contribution is 6.31. The van der Waals surface area contributed by atoms with E-state index in [1.54, 1.807) is 43.3 Å². The number of fused-ring (bicyclic) bond motifs is 1. The summed E-state index contributed by atoms with van der Waals surface area (Å²) in [6.45, 7) is 1.94. The van der Waals surface area contributed by atoms with Crippen molar-refractivity contribution in [3.8, 4) is 11.5 Å². The number of urea groups is 1. The van der Waals surface area contributed by atoms with Crippen molar-refractivity contribution < 1.29 is 19.1 Å². The van der Waals surface area contributed by atoms with Crippen LogP contribution < -0.4 is 14.8 Å². The van der Waals surface area contributed by atoms with Gasteiger partial charge in [-0.15, -0.1) is 0 Å². The van der Waals surface area contributed by atoms with Gasteiger partial charge in [-0.05, 0) is 36.2 Å². The van der Waals surface area contributed by atoms with E-state index >= 15 is 0 Å². The molecule has 1 unspecified atom stereocenters. The van der Waals surface area contributed by atoms with Crippen LogP contribution in [0.2, 0.25) is 5.02 Å². The van der Waals surface area contributed by atoms with Gasteiger partial charge in [0.25, 0.3) is 5.91 Å². The molecule has 4 rings (SSSR count). The van der Waals surface area contributed by atoms with Crippen LogP contribution in [-0.4, -0.2) is 23.6 Å². The molecule has 2 aliphatic rings. The highest BCUT2D eigenvalue weighted by atomic mass is 35.5. The summed E-state index contributed by atoms with van der Waals surface area (Å²) in [5.41, 5.74) is 0.179. The van der Waals surface area contributed by atoms with Crippen molar-refractivity contribution in [2.24, 2.45) is 0 Å². The number of carbonyl (C=O) groups excluding carboxylic acids is 2. The SMILES string of the molecule is CC1(c2ccc3c(c2)OCO3)NC(=O)N(Cc2ccccc2Cl)C1=O. The first-order valence-electron chi connectivity index (χ1n) is 7.77. The van der Waals surface area contributed by atoms with Crippen molar-refractivity contribution >= 4 is 23.5 Å². The van der Waals surface area contributed by atoms with Crippen molar-refractivity contribution in [2.75, 3.05) is 6.79 Å². The predicted molar refractivity (Wildman–Crippen MR) is 90.5 cm³/mol. The average Bonchev–Trinajstić information content (AvgIpc) is 3.15. The van der Waals surface area contributed by atoms with Crippen LogP contribution in [0, 0.1) is 0 Å². The van der Waals surface area contributed by atoms with Crippen LogP contribution in [0.1, 0.15) is 18.1 Å². The van der Waals surface area contributed by atoms with Gasteiger partial charge in [0.2, 0.25) is 6.79 Å². The fourth-order valence-corrected chi connectivity index (χ4v) is 3.24. The standard InChI is InChI=1S/C18H15ClN2O4/c1-18(12-6-7-14-15(8-12)25-10-24-14)16(22)21(17(23)20-18)9-11-4-2-3-5-13(11)19/h2-8H,9-10H2,1H3,(H,20,23). The van der Waals surface area contributed by atoms with Gasteiger partial charge in [0.05, 0.1) is 6.54 Å². The molecule has 2 aromatic rings. The Morgan fingerprint density at radius 1 is 1.16 bits per heavy atom. The maximum absolute atomic E-state index is 13.0. The molecule has 1 N–H and O–H groups in total. The molecule has 1 saturated heterocycles. The molecular formula is C18H15ClN2O4. The number of nitrogens with one attached hydrogen (secondary N) is 1. The third kappa shape index (κ3) is 2.49. The number of ether oxygens (including phenoxy) is 2. The van der Waals surface area contributed by atoms with Crippen molar-refractivity contribution in [3.05, 3.63) is 58.6 Å². The van der Waals surface area contributed by atoms with E-state index in [1.165, 1.54) is 4.90 Å². The molecule has 0 saturated carbocycles. The monoisotopic (exact) mass is 358 g/mol. The largest absolute Gasteiger partial charge is 0.454 e. The summed E-state index contributed by atoms with van der Waals surface area (Å²) < 4.78 is 10.7. The van der Waals surface area contributed by atoms with Crippen LogP contribution in [0.25, 0.3) is 0 Å². The Balaban J connectivity index is 1.65. The van der Waals surface area contributed by atoms with Crippen molar-refractivity contribution in [1.29, 1.82) is 0 Å². The van der Waals surface area contributed by atoms with E-state index in [2.05, 4.69) is 5.32 Å². The molecule has 2 heterocycles. The van der Waals surface area contributed by atoms with Gasteiger partial charge in [0.1, 0.15) is 5.54 Å². The fourth-order valence-electron chi connectivity index (χ4n) is 3.04. The van der Waals surface area contributed by atoms with Crippen molar-refractivity contribution in [3.63, 3.8) is 0 Å². The lowest BCUT2D eigenvalue weighted by Gasteiger charge is -2.22. The van der Waals surface area contributed by atoms with Gasteiger partial charge in [-0.25, -0.2) is 4.79 Å². The summed E-state index contributed by atoms with van der Waals surface area (Å²) in [6.07, 6.45) is 0. The number of amides is 3. The number of nitrogens with zero attached hydrogens (tertiary/aromatic N) is 1. The lowest BCUT2D eigenvalue weighted by molar-refractivity contribution is -0.131. The molecule has 1 atom stereocenters. The van der Waals surface area contributed by atoms with Crippen molar-refractivity contribution in [2.45, 2.75) is 19.0 Å². The summed E-state index contributed by atoms with van der Waals surface area (Å²) in [6, 6.07) is 11.9. The molecule has 2 aliphatic heterocycles. The van der Waals surface area contributed by atoms with Crippen LogP contribution in [0.5, 0.6) is 11.5 Å². The fraction of sp³-hybridized carbons (Fsp3) is 0.222. The summed E-state index contributed by atoms with van der Waals surface area (Å²) in [5, 5.41) is 3.29. The van der Waals surface area contributed by atoms with Gasteiger partial charge in [0.15, 0.2) is 11.5 Å². The van der Waals surface area contributed by atoms with Gasteiger partial charge in [-0.3, -0.25) is 9.69 Å². The molecule has 128 valence electrons. The van der Waals surface area contributed by atoms with Crippen molar-refractivity contribution in [1.82, 2.24) is 10.2 Å². The van der Waals surface area contributed by atoms with E-state index in [4.69, 9.17) is 21.1 Å². The molecule has 2 aromatic carbocycles. The minimum Gasteiger partial charge on any atom is -0.454 e. The van der Waals surface area contributed by atoms with E-state index in [9.17, 15) is 9.59 Å². The summed E-state index contributed by atoms with van der Waals surface area (Å²) in [5.74, 6) is 0.846. The number of hydrogen-bond acceptors (Lipinski definition) is 4. The summed E-state index contributed by atoms with van der Waals surface area (Å²) >= 11 is 6.15. The highest BCUT2D eigenvalue weighted by Gasteiger charge is 2.49. The quantitative estimate of drug-likeness (QED) is 0.856. The Bertz CT molecular complexity index is 885. The first-order chi connectivity index (χ1) is 12.0. The molecule has 0 spiro atoms. The second-order valence-corrected chi connectivity index (χ2v) is 6.51. The van der Waals surface area contributed by atoms with Crippen LogP contribution in [0.4, 0.5) is 4.79 Å². The Morgan fingerprint density at radius 3 is 2.72 bits per heavy atom. The third-order valence-electron chi connectivity index (χ3n) is 4.51. The highest BCUT2D eigenvalue weighted by Crippen LogP contribution is 2.38. The number of halogens is 1. The Kier molecular flexibility index (Phi) is 3.58. The second kappa shape index (κ2) is 5.67. The van der Waals surface area contributed by atoms with Gasteiger partial charge in [0, 0.05) is 5.02 Å². The lowest BCUT2D eigenvalue weighted by Crippen LogP contribution is -2.40. The van der Waals surface area contributed by atoms with E-state index in [0.29, 0.717) is 27.6 Å². The third-order valence-corrected chi connectivity index (χ3v) is 4.88. The first kappa shape index (κ1) is 15.8. The number of rotatable bonds is 3. The van der Waals surface area contributed by atoms with Crippen LogP contribution in [-0.2, 0) is 16.9 Å². The van der Waals surface area contributed by atoms with E-state index < -0.39 is 11.6 Å². The van der Waals surface area contributed by atoms with Gasteiger partial charge in [-0.1, -0.05) is 35.9 Å². The Hall–Kier alpha value is -2.73. The topological polar surface area (TPSA) is 67.9 Å². The average molecular weight is 359 g/mol.